The minimum Gasteiger partial charge on any atom is -0.452 e. The first kappa shape index (κ1) is 19.2. The Bertz CT molecular complexity index is 1090. The number of fused-ring (bicyclic) bond motifs is 1. The van der Waals surface area contributed by atoms with Crippen molar-refractivity contribution >= 4 is 29.2 Å². The number of anilines is 1. The number of aromatic nitrogens is 1. The van der Waals surface area contributed by atoms with E-state index < -0.39 is 18.5 Å². The lowest BCUT2D eigenvalue weighted by molar-refractivity contribution is -0.119. The molecule has 6 nitrogen and oxygen atoms in total. The third-order valence-corrected chi connectivity index (χ3v) is 5.24. The molecule has 7 heteroatoms. The molecule has 0 saturated carbocycles. The van der Waals surface area contributed by atoms with Gasteiger partial charge in [-0.3, -0.25) is 4.79 Å². The van der Waals surface area contributed by atoms with E-state index >= 15 is 0 Å². The summed E-state index contributed by atoms with van der Waals surface area (Å²) in [5, 5.41) is 7.14. The molecule has 148 valence electrons. The fourth-order valence-corrected chi connectivity index (χ4v) is 3.72. The van der Waals surface area contributed by atoms with Crippen molar-refractivity contribution in [3.8, 4) is 11.3 Å². The van der Waals surface area contributed by atoms with Crippen LogP contribution >= 0.6 is 11.6 Å². The number of hydrogen-bond donors (Lipinski definition) is 1. The molecule has 0 fully saturated rings. The fraction of sp³-hybridized carbons (Fsp3) is 0.227. The Morgan fingerprint density at radius 1 is 1.17 bits per heavy atom. The molecule has 1 aliphatic rings. The molecule has 0 radical (unpaired) electrons. The van der Waals surface area contributed by atoms with Gasteiger partial charge in [-0.15, -0.1) is 0 Å². The van der Waals surface area contributed by atoms with Crippen LogP contribution in [0.25, 0.3) is 11.3 Å². The predicted molar refractivity (Wildman–Crippen MR) is 109 cm³/mol. The second kappa shape index (κ2) is 8.09. The van der Waals surface area contributed by atoms with Gasteiger partial charge in [0.15, 0.2) is 6.61 Å². The van der Waals surface area contributed by atoms with E-state index in [4.69, 9.17) is 20.9 Å². The highest BCUT2D eigenvalue weighted by Crippen LogP contribution is 2.31. The van der Waals surface area contributed by atoms with E-state index in [9.17, 15) is 9.59 Å². The number of nitrogens with zero attached hydrogens (tertiary/aromatic N) is 1. The van der Waals surface area contributed by atoms with Crippen molar-refractivity contribution in [1.29, 1.82) is 0 Å². The van der Waals surface area contributed by atoms with Gasteiger partial charge in [0.25, 0.3) is 5.91 Å². The van der Waals surface area contributed by atoms with E-state index in [1.807, 2.05) is 18.2 Å². The average molecular weight is 411 g/mol. The van der Waals surface area contributed by atoms with Crippen LogP contribution in [0.2, 0.25) is 5.02 Å². The lowest BCUT2D eigenvalue weighted by atomic mass is 10.1. The lowest BCUT2D eigenvalue weighted by Crippen LogP contribution is -2.21. The summed E-state index contributed by atoms with van der Waals surface area (Å²) >= 11 is 6.20. The summed E-state index contributed by atoms with van der Waals surface area (Å²) in [5.74, 6) is -0.809. The average Bonchev–Trinajstić information content (AvgIpc) is 3.32. The molecule has 0 unspecified atom stereocenters. The quantitative estimate of drug-likeness (QED) is 0.622. The van der Waals surface area contributed by atoms with Crippen molar-refractivity contribution < 1.29 is 18.8 Å². The molecule has 0 spiro atoms. The van der Waals surface area contributed by atoms with E-state index in [1.54, 1.807) is 31.2 Å². The number of aryl methyl sites for hydroxylation is 3. The molecule has 29 heavy (non-hydrogen) atoms. The van der Waals surface area contributed by atoms with Gasteiger partial charge in [-0.25, -0.2) is 4.79 Å². The van der Waals surface area contributed by atoms with Crippen molar-refractivity contribution in [1.82, 2.24) is 5.16 Å². The van der Waals surface area contributed by atoms with Crippen molar-refractivity contribution in [2.24, 2.45) is 0 Å². The molecule has 0 saturated heterocycles. The summed E-state index contributed by atoms with van der Waals surface area (Å²) in [4.78, 5) is 24.8. The van der Waals surface area contributed by atoms with Crippen LogP contribution in [0.3, 0.4) is 0 Å². The van der Waals surface area contributed by atoms with Crippen molar-refractivity contribution in [2.75, 3.05) is 11.9 Å². The zero-order valence-electron chi connectivity index (χ0n) is 15.8. The summed E-state index contributed by atoms with van der Waals surface area (Å²) in [6.45, 7) is 1.19. The number of ether oxygens (including phenoxy) is 1. The van der Waals surface area contributed by atoms with Gasteiger partial charge < -0.3 is 14.6 Å². The predicted octanol–water partition coefficient (Wildman–Crippen LogP) is 4.59. The Kier molecular flexibility index (Phi) is 5.36. The Morgan fingerprint density at radius 3 is 2.79 bits per heavy atom. The molecule has 0 aliphatic heterocycles. The van der Waals surface area contributed by atoms with Crippen LogP contribution < -0.4 is 5.32 Å². The maximum absolute atomic E-state index is 12.6. The Hall–Kier alpha value is -3.12. The van der Waals surface area contributed by atoms with Crippen LogP contribution in [-0.4, -0.2) is 23.6 Å². The molecule has 3 aromatic rings. The second-order valence-electron chi connectivity index (χ2n) is 6.90. The molecular formula is C22H19ClN2O4. The number of hydrogen-bond acceptors (Lipinski definition) is 5. The fourth-order valence-electron chi connectivity index (χ4n) is 3.50. The molecule has 2 aromatic carbocycles. The van der Waals surface area contributed by atoms with Crippen LogP contribution in [0, 0.1) is 6.92 Å². The number of nitrogens with one attached hydrogen (secondary N) is 1. The zero-order chi connectivity index (χ0) is 20.4. The maximum Gasteiger partial charge on any atom is 0.344 e. The number of carbonyl (C=O) groups is 2. The maximum atomic E-state index is 12.6. The third kappa shape index (κ3) is 4.03. The Labute approximate surface area is 172 Å². The molecule has 1 aromatic heterocycles. The first-order valence-corrected chi connectivity index (χ1v) is 9.70. The third-order valence-electron chi connectivity index (χ3n) is 4.91. The topological polar surface area (TPSA) is 81.4 Å². The molecule has 1 N–H and O–H groups in total. The first-order valence-electron chi connectivity index (χ1n) is 9.33. The van der Waals surface area contributed by atoms with Gasteiger partial charge in [0, 0.05) is 11.3 Å². The molecule has 4 rings (SSSR count). The molecular weight excluding hydrogens is 392 g/mol. The molecule has 0 atom stereocenters. The number of esters is 1. The van der Waals surface area contributed by atoms with Crippen LogP contribution in [0.1, 0.15) is 33.7 Å². The van der Waals surface area contributed by atoms with Crippen molar-refractivity contribution in [3.05, 3.63) is 69.9 Å². The smallest absolute Gasteiger partial charge is 0.344 e. The summed E-state index contributed by atoms with van der Waals surface area (Å²) < 4.78 is 10.4. The minimum atomic E-state index is -0.692. The van der Waals surface area contributed by atoms with E-state index in [1.165, 1.54) is 11.1 Å². The van der Waals surface area contributed by atoms with E-state index in [0.29, 0.717) is 22.0 Å². The number of halogens is 1. The second-order valence-corrected chi connectivity index (χ2v) is 7.31. The lowest BCUT2D eigenvalue weighted by Gasteiger charge is -2.09. The Balaban J connectivity index is 1.43. The first-order chi connectivity index (χ1) is 14.0. The van der Waals surface area contributed by atoms with Crippen LogP contribution in [0.5, 0.6) is 0 Å². The molecule has 1 heterocycles. The van der Waals surface area contributed by atoms with Gasteiger partial charge in [-0.2, -0.15) is 0 Å². The van der Waals surface area contributed by atoms with Gasteiger partial charge >= 0.3 is 5.97 Å². The monoisotopic (exact) mass is 410 g/mol. The van der Waals surface area contributed by atoms with Gasteiger partial charge in [0.1, 0.15) is 17.0 Å². The number of rotatable bonds is 5. The van der Waals surface area contributed by atoms with Gasteiger partial charge in [0.2, 0.25) is 0 Å². The summed E-state index contributed by atoms with van der Waals surface area (Å²) in [6, 6.07) is 12.9. The van der Waals surface area contributed by atoms with Crippen LogP contribution in [-0.2, 0) is 22.4 Å². The number of carbonyl (C=O) groups excluding carboxylic acids is 2. The van der Waals surface area contributed by atoms with Gasteiger partial charge in [-0.1, -0.05) is 41.0 Å². The van der Waals surface area contributed by atoms with Crippen LogP contribution in [0.4, 0.5) is 5.69 Å². The number of amides is 1. The standard InChI is InChI=1S/C22H19ClN2O4/c1-13-20(21(25-29-13)17-7-2-3-8-18(17)23)22(27)28-12-19(26)24-16-10-9-14-5-4-6-15(14)11-16/h2-3,7-11H,4-6,12H2,1H3,(H,24,26). The highest BCUT2D eigenvalue weighted by atomic mass is 35.5. The van der Waals surface area contributed by atoms with E-state index in [-0.39, 0.29) is 11.3 Å². The number of benzene rings is 2. The highest BCUT2D eigenvalue weighted by Gasteiger charge is 2.25. The normalized spacial score (nSPS) is 12.5. The van der Waals surface area contributed by atoms with Gasteiger partial charge in [-0.05, 0) is 55.5 Å². The summed E-state index contributed by atoms with van der Waals surface area (Å²) in [6.07, 6.45) is 3.23. The minimum absolute atomic E-state index is 0.156. The molecule has 0 bridgehead atoms. The summed E-state index contributed by atoms with van der Waals surface area (Å²) in [5.41, 5.74) is 4.28. The Morgan fingerprint density at radius 2 is 1.97 bits per heavy atom. The van der Waals surface area contributed by atoms with E-state index in [0.717, 1.165) is 19.3 Å². The SMILES string of the molecule is Cc1onc(-c2ccccc2Cl)c1C(=O)OCC(=O)Nc1ccc2c(c1)CCC2. The molecule has 1 aliphatic carbocycles. The van der Waals surface area contributed by atoms with Gasteiger partial charge in [0.05, 0.1) is 5.02 Å². The zero-order valence-corrected chi connectivity index (χ0v) is 16.6. The molecule has 1 amide bonds. The highest BCUT2D eigenvalue weighted by molar-refractivity contribution is 6.33. The largest absolute Gasteiger partial charge is 0.452 e. The van der Waals surface area contributed by atoms with Crippen molar-refractivity contribution in [2.45, 2.75) is 26.2 Å². The van der Waals surface area contributed by atoms with Crippen LogP contribution in [0.15, 0.2) is 47.0 Å². The summed E-state index contributed by atoms with van der Waals surface area (Å²) in [7, 11) is 0. The van der Waals surface area contributed by atoms with Crippen molar-refractivity contribution in [3.63, 3.8) is 0 Å². The van der Waals surface area contributed by atoms with E-state index in [2.05, 4.69) is 10.5 Å².